The van der Waals surface area contributed by atoms with Crippen molar-refractivity contribution in [2.24, 2.45) is 0 Å². The Morgan fingerprint density at radius 2 is 2.13 bits per heavy atom. The van der Waals surface area contributed by atoms with Crippen LogP contribution in [0.1, 0.15) is 37.7 Å². The van der Waals surface area contributed by atoms with Crippen LogP contribution in [0, 0.1) is 0 Å². The Balaban J connectivity index is 1.70. The van der Waals surface area contributed by atoms with E-state index >= 15 is 0 Å². The predicted octanol–water partition coefficient (Wildman–Crippen LogP) is 2.65. The molecule has 1 saturated carbocycles. The number of hydrogen-bond acceptors (Lipinski definition) is 4. The number of carbonyl (C=O) groups is 1. The van der Waals surface area contributed by atoms with Gasteiger partial charge in [-0.15, -0.1) is 0 Å². The first-order valence-electron chi connectivity index (χ1n) is 8.03. The molecule has 1 heterocycles. The maximum atomic E-state index is 11.7. The van der Waals surface area contributed by atoms with E-state index < -0.39 is 0 Å². The number of amides is 1. The van der Waals surface area contributed by atoms with E-state index in [0.29, 0.717) is 35.5 Å². The molecule has 0 radical (unpaired) electrons. The number of carbonyl (C=O) groups excluding carboxylic acids is 1. The summed E-state index contributed by atoms with van der Waals surface area (Å²) in [6, 6.07) is 4.14. The minimum absolute atomic E-state index is 0.0459. The Bertz CT molecular complexity index is 602. The Morgan fingerprint density at radius 1 is 1.35 bits per heavy atom. The number of hydrogen-bond donors (Lipinski definition) is 2. The van der Waals surface area contributed by atoms with Crippen molar-refractivity contribution in [2.45, 2.75) is 50.2 Å². The van der Waals surface area contributed by atoms with Crippen LogP contribution in [0.2, 0.25) is 5.02 Å². The van der Waals surface area contributed by atoms with Crippen LogP contribution >= 0.6 is 11.6 Å². The van der Waals surface area contributed by atoms with Gasteiger partial charge in [-0.05, 0) is 43.4 Å². The quantitative estimate of drug-likeness (QED) is 0.866. The minimum atomic E-state index is -0.0459. The first kappa shape index (κ1) is 16.4. The third-order valence-corrected chi connectivity index (χ3v) is 5.29. The van der Waals surface area contributed by atoms with Gasteiger partial charge in [-0.2, -0.15) is 0 Å². The second kappa shape index (κ2) is 6.57. The van der Waals surface area contributed by atoms with Crippen LogP contribution in [0.25, 0.3) is 0 Å². The molecule has 2 fully saturated rings. The summed E-state index contributed by atoms with van der Waals surface area (Å²) >= 11 is 6.26. The average molecular weight is 339 g/mol. The molecule has 1 atom stereocenters. The van der Waals surface area contributed by atoms with Crippen LogP contribution < -0.4 is 20.1 Å². The fourth-order valence-electron chi connectivity index (χ4n) is 3.62. The third-order valence-electron chi connectivity index (χ3n) is 5.01. The van der Waals surface area contributed by atoms with Gasteiger partial charge in [0.15, 0.2) is 11.5 Å². The number of halogens is 1. The van der Waals surface area contributed by atoms with Crippen molar-refractivity contribution in [1.29, 1.82) is 0 Å². The van der Waals surface area contributed by atoms with Gasteiger partial charge < -0.3 is 20.1 Å². The fraction of sp³-hybridized carbons (Fsp3) is 0.588. The summed E-state index contributed by atoms with van der Waals surface area (Å²) in [4.78, 5) is 11.7. The molecule has 23 heavy (non-hydrogen) atoms. The Kier molecular flexibility index (Phi) is 4.69. The lowest BCUT2D eigenvalue weighted by molar-refractivity contribution is -0.128. The van der Waals surface area contributed by atoms with Gasteiger partial charge in [0.25, 0.3) is 0 Å². The van der Waals surface area contributed by atoms with Crippen molar-refractivity contribution < 1.29 is 14.3 Å². The Morgan fingerprint density at radius 3 is 2.74 bits per heavy atom. The van der Waals surface area contributed by atoms with Gasteiger partial charge >= 0.3 is 0 Å². The number of rotatable bonds is 5. The highest BCUT2D eigenvalue weighted by Crippen LogP contribution is 2.39. The molecule has 1 aliphatic heterocycles. The van der Waals surface area contributed by atoms with Gasteiger partial charge in [-0.25, -0.2) is 0 Å². The van der Waals surface area contributed by atoms with Crippen molar-refractivity contribution in [3.8, 4) is 11.5 Å². The summed E-state index contributed by atoms with van der Waals surface area (Å²) in [6.45, 7) is 0.683. The molecule has 1 aliphatic carbocycles. The van der Waals surface area contributed by atoms with Crippen molar-refractivity contribution >= 4 is 17.5 Å². The molecule has 1 unspecified atom stereocenters. The average Bonchev–Trinajstić information content (AvgIpc) is 2.51. The molecule has 1 saturated heterocycles. The standard InChI is InChI=1S/C17H23ClN2O3/c1-22-13-9-11(8-12(18)16(13)23-2)10-19-14-4-5-15(21)20-17(14)6-3-7-17/h8-9,14,19H,3-7,10H2,1-2H3,(H,20,21). The van der Waals surface area contributed by atoms with E-state index in [4.69, 9.17) is 21.1 Å². The van der Waals surface area contributed by atoms with Gasteiger partial charge in [-0.1, -0.05) is 11.6 Å². The first-order valence-corrected chi connectivity index (χ1v) is 8.40. The normalized spacial score (nSPS) is 22.4. The van der Waals surface area contributed by atoms with E-state index in [1.54, 1.807) is 14.2 Å². The number of benzene rings is 1. The number of methoxy groups -OCH3 is 2. The summed E-state index contributed by atoms with van der Waals surface area (Å²) < 4.78 is 10.6. The maximum Gasteiger partial charge on any atom is 0.220 e. The van der Waals surface area contributed by atoms with Gasteiger partial charge in [0.1, 0.15) is 0 Å². The Labute approximate surface area is 141 Å². The highest BCUT2D eigenvalue weighted by Gasteiger charge is 2.47. The molecule has 6 heteroatoms. The molecule has 1 aromatic rings. The third kappa shape index (κ3) is 3.12. The number of ether oxygens (including phenoxy) is 2. The lowest BCUT2D eigenvalue weighted by Crippen LogP contribution is -2.67. The summed E-state index contributed by atoms with van der Waals surface area (Å²) in [5, 5.41) is 7.33. The molecule has 1 spiro atoms. The molecule has 2 N–H and O–H groups in total. The van der Waals surface area contributed by atoms with E-state index in [1.807, 2.05) is 12.1 Å². The van der Waals surface area contributed by atoms with E-state index in [9.17, 15) is 4.79 Å². The lowest BCUT2D eigenvalue weighted by Gasteiger charge is -2.51. The molecule has 1 amide bonds. The molecule has 2 aliphatic rings. The highest BCUT2D eigenvalue weighted by atomic mass is 35.5. The van der Waals surface area contributed by atoms with Crippen molar-refractivity contribution in [1.82, 2.24) is 10.6 Å². The molecule has 1 aromatic carbocycles. The van der Waals surface area contributed by atoms with Gasteiger partial charge in [0.2, 0.25) is 5.91 Å². The second-order valence-corrected chi connectivity index (χ2v) is 6.75. The topological polar surface area (TPSA) is 59.6 Å². The number of nitrogens with one attached hydrogen (secondary N) is 2. The summed E-state index contributed by atoms with van der Waals surface area (Å²) in [6.07, 6.45) is 4.77. The van der Waals surface area contributed by atoms with Crippen molar-refractivity contribution in [2.75, 3.05) is 14.2 Å². The van der Waals surface area contributed by atoms with Crippen LogP contribution in [-0.4, -0.2) is 31.7 Å². The monoisotopic (exact) mass is 338 g/mol. The minimum Gasteiger partial charge on any atom is -0.493 e. The zero-order valence-electron chi connectivity index (χ0n) is 13.6. The highest BCUT2D eigenvalue weighted by molar-refractivity contribution is 6.32. The van der Waals surface area contributed by atoms with Crippen LogP contribution in [0.3, 0.4) is 0 Å². The SMILES string of the molecule is COc1cc(CNC2CCC(=O)NC23CCC3)cc(Cl)c1OC. The molecule has 3 rings (SSSR count). The maximum absolute atomic E-state index is 11.7. The zero-order valence-corrected chi connectivity index (χ0v) is 14.3. The van der Waals surface area contributed by atoms with Gasteiger partial charge in [0.05, 0.1) is 24.8 Å². The van der Waals surface area contributed by atoms with Crippen LogP contribution in [-0.2, 0) is 11.3 Å². The van der Waals surface area contributed by atoms with E-state index in [-0.39, 0.29) is 11.4 Å². The molecule has 0 bridgehead atoms. The van der Waals surface area contributed by atoms with Gasteiger partial charge in [-0.3, -0.25) is 4.79 Å². The first-order chi connectivity index (χ1) is 11.1. The largest absolute Gasteiger partial charge is 0.493 e. The van der Waals surface area contributed by atoms with Crippen LogP contribution in [0.15, 0.2) is 12.1 Å². The zero-order chi connectivity index (χ0) is 16.4. The van der Waals surface area contributed by atoms with Crippen LogP contribution in [0.5, 0.6) is 11.5 Å². The smallest absolute Gasteiger partial charge is 0.220 e. The summed E-state index contributed by atoms with van der Waals surface area (Å²) in [5.74, 6) is 1.36. The van der Waals surface area contributed by atoms with Gasteiger partial charge in [0, 0.05) is 19.0 Å². The molecule has 126 valence electrons. The second-order valence-electron chi connectivity index (χ2n) is 6.34. The predicted molar refractivity (Wildman–Crippen MR) is 89.1 cm³/mol. The van der Waals surface area contributed by atoms with E-state index in [1.165, 1.54) is 6.42 Å². The van der Waals surface area contributed by atoms with Crippen molar-refractivity contribution in [3.63, 3.8) is 0 Å². The van der Waals surface area contributed by atoms with E-state index in [2.05, 4.69) is 10.6 Å². The number of piperidine rings is 1. The summed E-state index contributed by atoms with van der Waals surface area (Å²) in [5.41, 5.74) is 0.995. The summed E-state index contributed by atoms with van der Waals surface area (Å²) in [7, 11) is 3.18. The van der Waals surface area contributed by atoms with Crippen molar-refractivity contribution in [3.05, 3.63) is 22.7 Å². The molecule has 0 aromatic heterocycles. The molecular formula is C17H23ClN2O3. The van der Waals surface area contributed by atoms with E-state index in [0.717, 1.165) is 24.8 Å². The molecular weight excluding hydrogens is 316 g/mol. The fourth-order valence-corrected chi connectivity index (χ4v) is 3.93. The molecule has 5 nitrogen and oxygen atoms in total. The van der Waals surface area contributed by atoms with Crippen LogP contribution in [0.4, 0.5) is 0 Å². The lowest BCUT2D eigenvalue weighted by atomic mass is 9.68. The Hall–Kier alpha value is -1.46.